The third-order valence-electron chi connectivity index (χ3n) is 3.11. The molecule has 1 unspecified atom stereocenters. The van der Waals surface area contributed by atoms with Crippen LogP contribution in [0.4, 0.5) is 0 Å². The van der Waals surface area contributed by atoms with E-state index >= 15 is 0 Å². The van der Waals surface area contributed by atoms with Crippen molar-refractivity contribution < 1.29 is 0 Å². The Labute approximate surface area is 118 Å². The first kappa shape index (κ1) is 15.2. The second-order valence-electron chi connectivity index (χ2n) is 5.70. The minimum absolute atomic E-state index is 0.358. The lowest BCUT2D eigenvalue weighted by Crippen LogP contribution is -2.33. The number of nitrogens with one attached hydrogen (secondary N) is 1. The molecule has 0 saturated heterocycles. The smallest absolute Gasteiger partial charge is 0.0285 e. The average Bonchev–Trinajstić information content (AvgIpc) is 2.61. The van der Waals surface area contributed by atoms with Crippen molar-refractivity contribution in [2.24, 2.45) is 11.3 Å². The van der Waals surface area contributed by atoms with E-state index < -0.39 is 0 Å². The van der Waals surface area contributed by atoms with Crippen molar-refractivity contribution in [3.63, 3.8) is 0 Å². The molecular formula is C14H24BrNS. The van der Waals surface area contributed by atoms with Crippen molar-refractivity contribution in [1.29, 1.82) is 0 Å². The van der Waals surface area contributed by atoms with Crippen LogP contribution in [0.25, 0.3) is 0 Å². The van der Waals surface area contributed by atoms with Crippen LogP contribution in [0.3, 0.4) is 0 Å². The predicted molar refractivity (Wildman–Crippen MR) is 81.8 cm³/mol. The number of rotatable bonds is 6. The topological polar surface area (TPSA) is 12.0 Å². The summed E-state index contributed by atoms with van der Waals surface area (Å²) >= 11 is 5.39. The minimum Gasteiger partial charge on any atom is -0.316 e. The third-order valence-corrected chi connectivity index (χ3v) is 4.83. The maximum Gasteiger partial charge on any atom is 0.0285 e. The third kappa shape index (κ3) is 5.54. The zero-order valence-electron chi connectivity index (χ0n) is 11.3. The van der Waals surface area contributed by atoms with Gasteiger partial charge < -0.3 is 5.32 Å². The largest absolute Gasteiger partial charge is 0.316 e. The van der Waals surface area contributed by atoms with E-state index in [1.165, 1.54) is 22.2 Å². The van der Waals surface area contributed by atoms with Gasteiger partial charge in [0, 0.05) is 14.7 Å². The molecule has 0 fully saturated rings. The zero-order valence-corrected chi connectivity index (χ0v) is 13.7. The second-order valence-corrected chi connectivity index (χ2v) is 7.61. The Morgan fingerprint density at radius 2 is 2.12 bits per heavy atom. The summed E-state index contributed by atoms with van der Waals surface area (Å²) in [6.45, 7) is 11.5. The molecule has 1 atom stereocenters. The normalized spacial score (nSPS) is 13.9. The van der Waals surface area contributed by atoms with Gasteiger partial charge >= 0.3 is 0 Å². The molecular weight excluding hydrogens is 294 g/mol. The number of hydrogen-bond donors (Lipinski definition) is 1. The van der Waals surface area contributed by atoms with Crippen molar-refractivity contribution >= 4 is 27.3 Å². The lowest BCUT2D eigenvalue weighted by Gasteiger charge is -2.30. The molecule has 0 aliphatic carbocycles. The van der Waals surface area contributed by atoms with Gasteiger partial charge in [-0.3, -0.25) is 0 Å². The maximum atomic E-state index is 3.56. The van der Waals surface area contributed by atoms with Crippen molar-refractivity contribution in [3.05, 3.63) is 20.8 Å². The molecule has 0 aromatic carbocycles. The summed E-state index contributed by atoms with van der Waals surface area (Å²) in [6.07, 6.45) is 2.39. The summed E-state index contributed by atoms with van der Waals surface area (Å²) < 4.78 is 1.21. The van der Waals surface area contributed by atoms with Crippen LogP contribution in [0, 0.1) is 11.3 Å². The molecule has 0 spiro atoms. The van der Waals surface area contributed by atoms with Crippen LogP contribution in [0.2, 0.25) is 0 Å². The summed E-state index contributed by atoms with van der Waals surface area (Å²) in [5, 5.41) is 5.74. The average molecular weight is 318 g/mol. The molecule has 3 heteroatoms. The molecule has 1 nitrogen and oxygen atoms in total. The van der Waals surface area contributed by atoms with Gasteiger partial charge in [-0.25, -0.2) is 0 Å². The summed E-state index contributed by atoms with van der Waals surface area (Å²) in [6, 6.07) is 2.25. The van der Waals surface area contributed by atoms with Crippen LogP contribution in [0.15, 0.2) is 15.9 Å². The van der Waals surface area contributed by atoms with E-state index in [0.29, 0.717) is 11.3 Å². The van der Waals surface area contributed by atoms with Crippen LogP contribution < -0.4 is 5.32 Å². The molecule has 98 valence electrons. The van der Waals surface area contributed by atoms with Crippen LogP contribution in [-0.2, 0) is 6.42 Å². The van der Waals surface area contributed by atoms with Crippen molar-refractivity contribution in [3.8, 4) is 0 Å². The quantitative estimate of drug-likeness (QED) is 0.749. The highest BCUT2D eigenvalue weighted by Gasteiger charge is 2.24. The van der Waals surface area contributed by atoms with Gasteiger partial charge in [0.1, 0.15) is 0 Å². The summed E-state index contributed by atoms with van der Waals surface area (Å²) in [7, 11) is 0. The van der Waals surface area contributed by atoms with Gasteiger partial charge in [0.25, 0.3) is 0 Å². The number of halogens is 1. The van der Waals surface area contributed by atoms with Crippen LogP contribution in [0.1, 0.15) is 39.0 Å². The van der Waals surface area contributed by atoms with Crippen molar-refractivity contribution in [1.82, 2.24) is 5.32 Å². The Kier molecular flexibility index (Phi) is 6.18. The first-order valence-corrected chi connectivity index (χ1v) is 8.04. The molecule has 0 aliphatic rings. The lowest BCUT2D eigenvalue weighted by molar-refractivity contribution is 0.232. The zero-order chi connectivity index (χ0) is 12.9. The molecule has 0 bridgehead atoms. The lowest BCUT2D eigenvalue weighted by atomic mass is 9.78. The molecule has 17 heavy (non-hydrogen) atoms. The van der Waals surface area contributed by atoms with Crippen LogP contribution >= 0.6 is 27.3 Å². The standard InChI is InChI=1S/C14H24BrNS/c1-5-6-16-9-11(14(2,3)4)7-13-8-12(15)10-17-13/h8,10-11,16H,5-7,9H2,1-4H3. The molecule has 0 amide bonds. The molecule has 1 aromatic heterocycles. The first-order chi connectivity index (χ1) is 7.93. The van der Waals surface area contributed by atoms with Gasteiger partial charge in [-0.05, 0) is 59.3 Å². The number of hydrogen-bond acceptors (Lipinski definition) is 2. The summed E-state index contributed by atoms with van der Waals surface area (Å²) in [5.74, 6) is 0.694. The van der Waals surface area contributed by atoms with E-state index in [9.17, 15) is 0 Å². The highest BCUT2D eigenvalue weighted by Crippen LogP contribution is 2.31. The Hall–Kier alpha value is 0.140. The van der Waals surface area contributed by atoms with Gasteiger partial charge in [-0.2, -0.15) is 0 Å². The number of thiophene rings is 1. The molecule has 1 rings (SSSR count). The fourth-order valence-electron chi connectivity index (χ4n) is 1.84. The van der Waals surface area contributed by atoms with E-state index in [1.54, 1.807) is 0 Å². The first-order valence-electron chi connectivity index (χ1n) is 6.37. The second kappa shape index (κ2) is 6.91. The fourth-order valence-corrected chi connectivity index (χ4v) is 3.37. The monoisotopic (exact) mass is 317 g/mol. The fraction of sp³-hybridized carbons (Fsp3) is 0.714. The summed E-state index contributed by atoms with van der Waals surface area (Å²) in [5.41, 5.74) is 0.358. The SMILES string of the molecule is CCCNCC(Cc1cc(Br)cs1)C(C)(C)C. The van der Waals surface area contributed by atoms with Gasteiger partial charge in [-0.15, -0.1) is 11.3 Å². The highest BCUT2D eigenvalue weighted by atomic mass is 79.9. The molecule has 1 aromatic rings. The van der Waals surface area contributed by atoms with E-state index in [-0.39, 0.29) is 0 Å². The Balaban J connectivity index is 2.57. The van der Waals surface area contributed by atoms with Crippen molar-refractivity contribution in [2.75, 3.05) is 13.1 Å². The molecule has 1 heterocycles. The minimum atomic E-state index is 0.358. The van der Waals surface area contributed by atoms with E-state index in [1.807, 2.05) is 11.3 Å². The highest BCUT2D eigenvalue weighted by molar-refractivity contribution is 9.10. The molecule has 0 saturated carbocycles. The van der Waals surface area contributed by atoms with Gasteiger partial charge in [0.2, 0.25) is 0 Å². The summed E-state index contributed by atoms with van der Waals surface area (Å²) in [4.78, 5) is 1.48. The van der Waals surface area contributed by atoms with Gasteiger partial charge in [0.15, 0.2) is 0 Å². The van der Waals surface area contributed by atoms with E-state index in [4.69, 9.17) is 0 Å². The van der Waals surface area contributed by atoms with Crippen molar-refractivity contribution in [2.45, 2.75) is 40.5 Å². The Morgan fingerprint density at radius 1 is 1.41 bits per heavy atom. The van der Waals surface area contributed by atoms with Gasteiger partial charge in [0.05, 0.1) is 0 Å². The van der Waals surface area contributed by atoms with E-state index in [0.717, 1.165) is 13.1 Å². The van der Waals surface area contributed by atoms with Gasteiger partial charge in [-0.1, -0.05) is 27.7 Å². The Morgan fingerprint density at radius 3 is 2.59 bits per heavy atom. The molecule has 0 radical (unpaired) electrons. The molecule has 0 aliphatic heterocycles. The van der Waals surface area contributed by atoms with Crippen LogP contribution in [-0.4, -0.2) is 13.1 Å². The maximum absolute atomic E-state index is 3.56. The predicted octanol–water partition coefficient (Wildman–Crippen LogP) is 4.72. The van der Waals surface area contributed by atoms with Crippen LogP contribution in [0.5, 0.6) is 0 Å². The molecule has 1 N–H and O–H groups in total. The van der Waals surface area contributed by atoms with E-state index in [2.05, 4.69) is 60.4 Å². The Bertz CT molecular complexity index is 327.